The second kappa shape index (κ2) is 4.99. The number of rotatable bonds is 2. The number of nitrogens with one attached hydrogen (secondary N) is 2. The molecule has 0 radical (unpaired) electrons. The summed E-state index contributed by atoms with van der Waals surface area (Å²) in [6.45, 7) is 0. The van der Waals surface area contributed by atoms with E-state index < -0.39 is 0 Å². The summed E-state index contributed by atoms with van der Waals surface area (Å²) in [6, 6.07) is 13.7. The van der Waals surface area contributed by atoms with Gasteiger partial charge < -0.3 is 4.98 Å². The first kappa shape index (κ1) is 13.0. The largest absolute Gasteiger partial charge is 0.353 e. The van der Waals surface area contributed by atoms with Gasteiger partial charge in [-0.15, -0.1) is 0 Å². The molecule has 0 atom stereocenters. The summed E-state index contributed by atoms with van der Waals surface area (Å²) in [5.74, 6) is 0. The van der Waals surface area contributed by atoms with Gasteiger partial charge in [0.25, 0.3) is 0 Å². The highest BCUT2D eigenvalue weighted by Crippen LogP contribution is 2.28. The lowest BCUT2D eigenvalue weighted by Crippen LogP contribution is -1.87. The van der Waals surface area contributed by atoms with Crippen LogP contribution in [0, 0.1) is 0 Å². The fourth-order valence-corrected chi connectivity index (χ4v) is 2.84. The van der Waals surface area contributed by atoms with E-state index in [4.69, 9.17) is 4.98 Å². The highest BCUT2D eigenvalue weighted by Gasteiger charge is 2.13. The summed E-state index contributed by atoms with van der Waals surface area (Å²) in [5.41, 5.74) is 6.10. The molecule has 0 unspecified atom stereocenters. The molecule has 0 aliphatic carbocycles. The Balaban J connectivity index is 1.71. The Kier molecular flexibility index (Phi) is 2.69. The molecule has 5 aromatic rings. The third-order valence-electron chi connectivity index (χ3n) is 4.01. The second-order valence-corrected chi connectivity index (χ2v) is 5.53. The molecular weight excluding hydrogens is 300 g/mol. The smallest absolute Gasteiger partial charge is 0.135 e. The maximum absolute atomic E-state index is 4.76. The monoisotopic (exact) mass is 312 g/mol. The van der Waals surface area contributed by atoms with Crippen LogP contribution in [0.15, 0.2) is 61.1 Å². The molecule has 6 heteroatoms. The molecule has 2 N–H and O–H groups in total. The van der Waals surface area contributed by atoms with Gasteiger partial charge in [-0.05, 0) is 36.4 Å². The number of nitrogens with zero attached hydrogens (tertiary/aromatic N) is 4. The zero-order valence-corrected chi connectivity index (χ0v) is 12.6. The van der Waals surface area contributed by atoms with Crippen molar-refractivity contribution in [3.8, 4) is 22.8 Å². The Morgan fingerprint density at radius 3 is 2.75 bits per heavy atom. The van der Waals surface area contributed by atoms with E-state index in [1.807, 2.05) is 48.7 Å². The van der Waals surface area contributed by atoms with Crippen LogP contribution in [0.1, 0.15) is 0 Å². The summed E-state index contributed by atoms with van der Waals surface area (Å²) in [6.07, 6.45) is 5.36. The Morgan fingerprint density at radius 1 is 0.875 bits per heavy atom. The van der Waals surface area contributed by atoms with Crippen LogP contribution in [0.3, 0.4) is 0 Å². The predicted molar refractivity (Wildman–Crippen MR) is 92.2 cm³/mol. The van der Waals surface area contributed by atoms with E-state index in [-0.39, 0.29) is 0 Å². The lowest BCUT2D eigenvalue weighted by molar-refractivity contribution is 1.12. The van der Waals surface area contributed by atoms with E-state index in [1.165, 1.54) is 0 Å². The average Bonchev–Trinajstić information content (AvgIpc) is 3.25. The first-order valence-electron chi connectivity index (χ1n) is 7.58. The Labute approximate surface area is 136 Å². The molecule has 0 saturated heterocycles. The summed E-state index contributed by atoms with van der Waals surface area (Å²) < 4.78 is 0. The van der Waals surface area contributed by atoms with Crippen LogP contribution in [0.25, 0.3) is 44.7 Å². The third-order valence-corrected chi connectivity index (χ3v) is 4.01. The van der Waals surface area contributed by atoms with Gasteiger partial charge in [-0.1, -0.05) is 6.07 Å². The van der Waals surface area contributed by atoms with Crippen LogP contribution in [0.2, 0.25) is 0 Å². The Morgan fingerprint density at radius 2 is 1.88 bits per heavy atom. The first-order valence-corrected chi connectivity index (χ1v) is 7.58. The molecule has 5 rings (SSSR count). The van der Waals surface area contributed by atoms with Crippen molar-refractivity contribution in [2.24, 2.45) is 0 Å². The van der Waals surface area contributed by atoms with Gasteiger partial charge in [0.1, 0.15) is 11.2 Å². The maximum Gasteiger partial charge on any atom is 0.135 e. The van der Waals surface area contributed by atoms with Gasteiger partial charge in [0, 0.05) is 29.5 Å². The molecule has 0 amide bonds. The van der Waals surface area contributed by atoms with Crippen molar-refractivity contribution in [3.63, 3.8) is 0 Å². The summed E-state index contributed by atoms with van der Waals surface area (Å²) >= 11 is 0. The summed E-state index contributed by atoms with van der Waals surface area (Å²) in [5, 5.41) is 8.52. The minimum absolute atomic E-state index is 0.791. The van der Waals surface area contributed by atoms with E-state index in [0.717, 1.165) is 44.7 Å². The van der Waals surface area contributed by atoms with Crippen molar-refractivity contribution in [3.05, 3.63) is 61.1 Å². The highest BCUT2D eigenvalue weighted by atomic mass is 15.1. The van der Waals surface area contributed by atoms with Gasteiger partial charge in [-0.3, -0.25) is 15.1 Å². The lowest BCUT2D eigenvalue weighted by Gasteiger charge is -2.00. The molecule has 6 nitrogen and oxygen atoms in total. The van der Waals surface area contributed by atoms with Crippen LogP contribution < -0.4 is 0 Å². The molecule has 0 spiro atoms. The van der Waals surface area contributed by atoms with Crippen LogP contribution in [-0.4, -0.2) is 30.1 Å². The molecule has 0 bridgehead atoms. The molecule has 114 valence electrons. The number of hydrogen-bond acceptors (Lipinski definition) is 4. The van der Waals surface area contributed by atoms with Crippen molar-refractivity contribution in [1.82, 2.24) is 30.1 Å². The number of fused-ring (bicyclic) bond motifs is 2. The Bertz CT molecular complexity index is 1120. The molecule has 5 aromatic heterocycles. The molecule has 0 aliphatic rings. The maximum atomic E-state index is 4.76. The minimum Gasteiger partial charge on any atom is -0.353 e. The third kappa shape index (κ3) is 1.97. The van der Waals surface area contributed by atoms with Crippen molar-refractivity contribution < 1.29 is 0 Å². The van der Waals surface area contributed by atoms with Crippen LogP contribution in [0.4, 0.5) is 0 Å². The quantitative estimate of drug-likeness (QED) is 0.522. The zero-order valence-electron chi connectivity index (χ0n) is 12.6. The van der Waals surface area contributed by atoms with Crippen LogP contribution in [0.5, 0.6) is 0 Å². The van der Waals surface area contributed by atoms with Gasteiger partial charge in [-0.25, -0.2) is 4.98 Å². The Hall–Kier alpha value is -3.54. The standard InChI is InChI=1S/C18H12N6/c1-2-7-20-13(3-1)14-4-5-15-17(22-14)18(24-23-15)16-9-11-10-19-8-6-12(11)21-16/h1-10,21H,(H,23,24). The van der Waals surface area contributed by atoms with Gasteiger partial charge in [-0.2, -0.15) is 5.10 Å². The van der Waals surface area contributed by atoms with Crippen LogP contribution in [-0.2, 0) is 0 Å². The number of aromatic nitrogens is 6. The lowest BCUT2D eigenvalue weighted by atomic mass is 10.2. The zero-order chi connectivity index (χ0) is 15.9. The number of aromatic amines is 2. The van der Waals surface area contributed by atoms with E-state index in [9.17, 15) is 0 Å². The summed E-state index contributed by atoms with van der Waals surface area (Å²) in [4.78, 5) is 16.7. The second-order valence-electron chi connectivity index (χ2n) is 5.53. The van der Waals surface area contributed by atoms with Gasteiger partial charge in [0.05, 0.1) is 22.6 Å². The van der Waals surface area contributed by atoms with E-state index >= 15 is 0 Å². The number of H-pyrrole nitrogens is 2. The van der Waals surface area contributed by atoms with Crippen molar-refractivity contribution >= 4 is 21.9 Å². The number of pyridine rings is 3. The molecule has 0 fully saturated rings. The fourth-order valence-electron chi connectivity index (χ4n) is 2.84. The van der Waals surface area contributed by atoms with Crippen molar-refractivity contribution in [2.45, 2.75) is 0 Å². The topological polar surface area (TPSA) is 83.1 Å². The molecule has 5 heterocycles. The molecular formula is C18H12N6. The number of hydrogen-bond donors (Lipinski definition) is 2. The first-order chi connectivity index (χ1) is 11.9. The molecule has 24 heavy (non-hydrogen) atoms. The van der Waals surface area contributed by atoms with E-state index in [1.54, 1.807) is 12.4 Å². The van der Waals surface area contributed by atoms with Gasteiger partial charge >= 0.3 is 0 Å². The molecule has 0 saturated carbocycles. The molecule has 0 aliphatic heterocycles. The van der Waals surface area contributed by atoms with Crippen LogP contribution >= 0.6 is 0 Å². The highest BCUT2D eigenvalue weighted by molar-refractivity contribution is 5.93. The molecule has 0 aromatic carbocycles. The van der Waals surface area contributed by atoms with Crippen molar-refractivity contribution in [2.75, 3.05) is 0 Å². The predicted octanol–water partition coefficient (Wildman–Crippen LogP) is 3.56. The normalized spacial score (nSPS) is 11.3. The van der Waals surface area contributed by atoms with E-state index in [0.29, 0.717) is 0 Å². The van der Waals surface area contributed by atoms with Gasteiger partial charge in [0.15, 0.2) is 0 Å². The minimum atomic E-state index is 0.791. The van der Waals surface area contributed by atoms with E-state index in [2.05, 4.69) is 25.1 Å². The summed E-state index contributed by atoms with van der Waals surface area (Å²) in [7, 11) is 0. The SMILES string of the molecule is c1ccc(-c2ccc3[nH]nc(-c4cc5cnccc5[nH]4)c3n2)nc1. The average molecular weight is 312 g/mol. The van der Waals surface area contributed by atoms with Gasteiger partial charge in [0.2, 0.25) is 0 Å². The fraction of sp³-hybridized carbons (Fsp3) is 0. The van der Waals surface area contributed by atoms with Crippen molar-refractivity contribution in [1.29, 1.82) is 0 Å².